The second-order valence-corrected chi connectivity index (χ2v) is 10.6. The van der Waals surface area contributed by atoms with Crippen LogP contribution in [-0.2, 0) is 22.6 Å². The van der Waals surface area contributed by atoms with E-state index in [4.69, 9.17) is 9.47 Å². The third-order valence-electron chi connectivity index (χ3n) is 5.98. The Kier molecular flexibility index (Phi) is 14.4. The van der Waals surface area contributed by atoms with Gasteiger partial charge < -0.3 is 14.8 Å². The Hall–Kier alpha value is -0.900. The van der Waals surface area contributed by atoms with Gasteiger partial charge in [0.1, 0.15) is 0 Å². The van der Waals surface area contributed by atoms with Crippen molar-refractivity contribution in [2.24, 2.45) is 5.41 Å². The molecule has 0 aliphatic rings. The van der Waals surface area contributed by atoms with Crippen LogP contribution in [0.4, 0.5) is 0 Å². The summed E-state index contributed by atoms with van der Waals surface area (Å²) >= 11 is 0. The van der Waals surface area contributed by atoms with E-state index >= 15 is 0 Å². The van der Waals surface area contributed by atoms with E-state index in [0.29, 0.717) is 12.0 Å². The molecule has 0 radical (unpaired) electrons. The van der Waals surface area contributed by atoms with E-state index in [9.17, 15) is 0 Å². The first-order chi connectivity index (χ1) is 14.8. The van der Waals surface area contributed by atoms with Crippen LogP contribution in [0.25, 0.3) is 0 Å². The topological polar surface area (TPSA) is 30.5 Å². The highest BCUT2D eigenvalue weighted by Crippen LogP contribution is 2.27. The lowest BCUT2D eigenvalue weighted by atomic mass is 9.92. The van der Waals surface area contributed by atoms with Crippen molar-refractivity contribution in [3.05, 3.63) is 35.4 Å². The van der Waals surface area contributed by atoms with E-state index in [2.05, 4.69) is 71.1 Å². The molecular weight excluding hydrogens is 382 g/mol. The normalized spacial score (nSPS) is 14.0. The SMILES string of the molecule is CCCCCCC(C)(CCCC)OCc1ccc(CNCCOCCC(C)(C)C)cc1. The van der Waals surface area contributed by atoms with Crippen molar-refractivity contribution in [2.45, 2.75) is 118 Å². The van der Waals surface area contributed by atoms with Gasteiger partial charge in [-0.15, -0.1) is 0 Å². The van der Waals surface area contributed by atoms with Gasteiger partial charge in [-0.05, 0) is 42.7 Å². The Morgan fingerprint density at radius 1 is 0.742 bits per heavy atom. The quantitative estimate of drug-likeness (QED) is 0.241. The van der Waals surface area contributed by atoms with Crippen molar-refractivity contribution < 1.29 is 9.47 Å². The molecule has 180 valence electrons. The van der Waals surface area contributed by atoms with Gasteiger partial charge in [0, 0.05) is 19.7 Å². The van der Waals surface area contributed by atoms with Gasteiger partial charge in [-0.2, -0.15) is 0 Å². The van der Waals surface area contributed by atoms with E-state index in [1.165, 1.54) is 56.1 Å². The van der Waals surface area contributed by atoms with Gasteiger partial charge in [-0.3, -0.25) is 0 Å². The first-order valence-corrected chi connectivity index (χ1v) is 12.8. The Morgan fingerprint density at radius 2 is 1.39 bits per heavy atom. The lowest BCUT2D eigenvalue weighted by molar-refractivity contribution is -0.0574. The van der Waals surface area contributed by atoms with Gasteiger partial charge in [0.25, 0.3) is 0 Å². The smallest absolute Gasteiger partial charge is 0.0724 e. The summed E-state index contributed by atoms with van der Waals surface area (Å²) in [7, 11) is 0. The lowest BCUT2D eigenvalue weighted by Gasteiger charge is -2.30. The predicted octanol–water partition coefficient (Wildman–Crippen LogP) is 7.66. The highest BCUT2D eigenvalue weighted by atomic mass is 16.5. The number of nitrogens with one attached hydrogen (secondary N) is 1. The largest absolute Gasteiger partial charge is 0.380 e. The maximum absolute atomic E-state index is 6.47. The molecule has 0 aromatic heterocycles. The van der Waals surface area contributed by atoms with Crippen LogP contribution in [0.5, 0.6) is 0 Å². The minimum Gasteiger partial charge on any atom is -0.380 e. The molecule has 0 aliphatic carbocycles. The van der Waals surface area contributed by atoms with Crippen molar-refractivity contribution in [3.8, 4) is 0 Å². The van der Waals surface area contributed by atoms with Gasteiger partial charge in [-0.1, -0.05) is 97.4 Å². The number of ether oxygens (including phenoxy) is 2. The monoisotopic (exact) mass is 433 g/mol. The van der Waals surface area contributed by atoms with Gasteiger partial charge >= 0.3 is 0 Å². The number of benzene rings is 1. The van der Waals surface area contributed by atoms with Crippen LogP contribution in [0.2, 0.25) is 0 Å². The Balaban J connectivity index is 2.32. The molecule has 1 aromatic rings. The van der Waals surface area contributed by atoms with Gasteiger partial charge in [0.2, 0.25) is 0 Å². The van der Waals surface area contributed by atoms with Crippen LogP contribution in [0, 0.1) is 5.41 Å². The third-order valence-corrected chi connectivity index (χ3v) is 5.98. The van der Waals surface area contributed by atoms with E-state index < -0.39 is 0 Å². The Morgan fingerprint density at radius 3 is 2.03 bits per heavy atom. The summed E-state index contributed by atoms with van der Waals surface area (Å²) in [5.41, 5.74) is 2.94. The second-order valence-electron chi connectivity index (χ2n) is 10.6. The number of unbranched alkanes of at least 4 members (excludes halogenated alkanes) is 4. The van der Waals surface area contributed by atoms with Gasteiger partial charge in [0.05, 0.1) is 18.8 Å². The van der Waals surface area contributed by atoms with Crippen LogP contribution in [0.15, 0.2) is 24.3 Å². The molecule has 0 amide bonds. The molecule has 0 saturated carbocycles. The van der Waals surface area contributed by atoms with Crippen LogP contribution >= 0.6 is 0 Å². The fourth-order valence-electron chi connectivity index (χ4n) is 3.61. The van der Waals surface area contributed by atoms with Crippen LogP contribution in [-0.4, -0.2) is 25.4 Å². The highest BCUT2D eigenvalue weighted by molar-refractivity contribution is 5.22. The van der Waals surface area contributed by atoms with Crippen LogP contribution in [0.1, 0.15) is 110 Å². The molecule has 1 atom stereocenters. The summed E-state index contributed by atoms with van der Waals surface area (Å²) in [6.45, 7) is 17.7. The molecule has 0 heterocycles. The molecule has 3 heteroatoms. The maximum Gasteiger partial charge on any atom is 0.0724 e. The molecule has 1 rings (SSSR count). The predicted molar refractivity (Wildman–Crippen MR) is 135 cm³/mol. The number of rotatable bonds is 18. The van der Waals surface area contributed by atoms with Gasteiger partial charge in [0.15, 0.2) is 0 Å². The molecule has 1 unspecified atom stereocenters. The van der Waals surface area contributed by atoms with Crippen molar-refractivity contribution in [1.82, 2.24) is 5.32 Å². The lowest BCUT2D eigenvalue weighted by Crippen LogP contribution is -2.28. The summed E-state index contributed by atoms with van der Waals surface area (Å²) in [5.74, 6) is 0. The zero-order chi connectivity index (χ0) is 23.0. The average molecular weight is 434 g/mol. The van der Waals surface area contributed by atoms with E-state index in [1.54, 1.807) is 0 Å². The van der Waals surface area contributed by atoms with Crippen LogP contribution in [0.3, 0.4) is 0 Å². The van der Waals surface area contributed by atoms with E-state index in [0.717, 1.165) is 39.1 Å². The van der Waals surface area contributed by atoms with Crippen LogP contribution < -0.4 is 5.32 Å². The molecule has 0 fully saturated rings. The van der Waals surface area contributed by atoms with E-state index in [1.807, 2.05) is 0 Å². The molecule has 31 heavy (non-hydrogen) atoms. The average Bonchev–Trinajstić information content (AvgIpc) is 2.73. The summed E-state index contributed by atoms with van der Waals surface area (Å²) in [5, 5.41) is 3.48. The summed E-state index contributed by atoms with van der Waals surface area (Å²) < 4.78 is 12.2. The summed E-state index contributed by atoms with van der Waals surface area (Å²) in [4.78, 5) is 0. The van der Waals surface area contributed by atoms with Crippen molar-refractivity contribution in [2.75, 3.05) is 19.8 Å². The number of hydrogen-bond acceptors (Lipinski definition) is 3. The molecule has 0 bridgehead atoms. The standard InChI is InChI=1S/C28H51NO2/c1-7-9-11-12-18-28(6,17-10-8-2)31-24-26-15-13-25(14-16-26)23-29-20-22-30-21-19-27(3,4)5/h13-16,29H,7-12,17-24H2,1-6H3. The van der Waals surface area contributed by atoms with E-state index in [-0.39, 0.29) is 5.60 Å². The molecule has 0 spiro atoms. The third kappa shape index (κ3) is 14.7. The maximum atomic E-state index is 6.47. The molecular formula is C28H51NO2. The Bertz CT molecular complexity index is 549. The zero-order valence-electron chi connectivity index (χ0n) is 21.5. The zero-order valence-corrected chi connectivity index (χ0v) is 21.5. The fraction of sp³-hybridized carbons (Fsp3) is 0.786. The van der Waals surface area contributed by atoms with Crippen molar-refractivity contribution >= 4 is 0 Å². The summed E-state index contributed by atoms with van der Waals surface area (Å²) in [6.07, 6.45) is 11.1. The molecule has 1 N–H and O–H groups in total. The first-order valence-electron chi connectivity index (χ1n) is 12.8. The number of hydrogen-bond donors (Lipinski definition) is 1. The van der Waals surface area contributed by atoms with Crippen molar-refractivity contribution in [3.63, 3.8) is 0 Å². The first kappa shape index (κ1) is 28.1. The molecule has 0 saturated heterocycles. The second kappa shape index (κ2) is 15.8. The van der Waals surface area contributed by atoms with Gasteiger partial charge in [-0.25, -0.2) is 0 Å². The Labute approximate surface area is 193 Å². The summed E-state index contributed by atoms with van der Waals surface area (Å²) in [6, 6.07) is 8.87. The highest BCUT2D eigenvalue weighted by Gasteiger charge is 2.24. The fourth-order valence-corrected chi connectivity index (χ4v) is 3.61. The van der Waals surface area contributed by atoms with Crippen molar-refractivity contribution in [1.29, 1.82) is 0 Å². The minimum absolute atomic E-state index is 0.0109. The molecule has 3 nitrogen and oxygen atoms in total. The minimum atomic E-state index is 0.0109. The molecule has 1 aromatic carbocycles. The molecule has 0 aliphatic heterocycles.